The number of nitrogens with zero attached hydrogens (tertiary/aromatic N) is 3. The molecule has 0 spiro atoms. The number of alkyl halides is 2. The molecule has 1 aromatic heterocycles. The van der Waals surface area contributed by atoms with E-state index in [1.54, 1.807) is 30.2 Å². The Morgan fingerprint density at radius 3 is 2.65 bits per heavy atom. The van der Waals surface area contributed by atoms with Crippen molar-refractivity contribution < 1.29 is 8.78 Å². The first kappa shape index (κ1) is 24.0. The van der Waals surface area contributed by atoms with Crippen LogP contribution in [-0.4, -0.2) is 16.3 Å². The van der Waals surface area contributed by atoms with E-state index >= 15 is 0 Å². The van der Waals surface area contributed by atoms with Gasteiger partial charge in [-0.05, 0) is 67.0 Å². The summed E-state index contributed by atoms with van der Waals surface area (Å²) < 4.78 is 30.2. The Hall–Kier alpha value is -3.15. The first-order valence-electron chi connectivity index (χ1n) is 12.1. The van der Waals surface area contributed by atoms with Crippen LogP contribution in [0, 0.1) is 0 Å². The molecule has 3 aromatic rings. The van der Waals surface area contributed by atoms with Crippen molar-refractivity contribution >= 4 is 17.1 Å². The molecule has 0 saturated carbocycles. The minimum absolute atomic E-state index is 0.0531. The van der Waals surface area contributed by atoms with Gasteiger partial charge in [-0.1, -0.05) is 33.4 Å². The second kappa shape index (κ2) is 10.00. The quantitative estimate of drug-likeness (QED) is 0.367. The number of hydrogen-bond donors (Lipinski definition) is 1. The summed E-state index contributed by atoms with van der Waals surface area (Å²) in [6.07, 6.45) is 4.53. The molecule has 0 amide bonds. The van der Waals surface area contributed by atoms with Gasteiger partial charge in [-0.2, -0.15) is 5.10 Å². The van der Waals surface area contributed by atoms with Gasteiger partial charge in [0, 0.05) is 59.2 Å². The van der Waals surface area contributed by atoms with Crippen molar-refractivity contribution in [1.29, 1.82) is 0 Å². The molecular formula is C28H34F2N4. The SMILES string of the molecule is C=C(CC)Nc1cccc(N2CCCc3cc(-c4cnn(C)c4)c(C(F)F)cc32)c1C(C)CC. The van der Waals surface area contributed by atoms with Gasteiger partial charge in [-0.25, -0.2) is 8.78 Å². The minimum atomic E-state index is -2.57. The molecule has 0 fully saturated rings. The van der Waals surface area contributed by atoms with E-state index in [2.05, 4.69) is 54.8 Å². The van der Waals surface area contributed by atoms with Crippen LogP contribution in [0.2, 0.25) is 0 Å². The molecule has 0 radical (unpaired) electrons. The molecule has 4 nitrogen and oxygen atoms in total. The lowest BCUT2D eigenvalue weighted by molar-refractivity contribution is 0.152. The molecule has 1 unspecified atom stereocenters. The highest BCUT2D eigenvalue weighted by Crippen LogP contribution is 2.45. The van der Waals surface area contributed by atoms with Gasteiger partial charge in [0.1, 0.15) is 0 Å². The van der Waals surface area contributed by atoms with E-state index < -0.39 is 6.43 Å². The second-order valence-electron chi connectivity index (χ2n) is 9.16. The Labute approximate surface area is 201 Å². The topological polar surface area (TPSA) is 33.1 Å². The maximum Gasteiger partial charge on any atom is 0.264 e. The van der Waals surface area contributed by atoms with Crippen molar-refractivity contribution in [3.8, 4) is 11.1 Å². The number of nitrogens with one attached hydrogen (secondary N) is 1. The molecule has 0 saturated heterocycles. The van der Waals surface area contributed by atoms with Gasteiger partial charge >= 0.3 is 0 Å². The van der Waals surface area contributed by atoms with Crippen molar-refractivity contribution in [3.05, 3.63) is 71.7 Å². The number of hydrogen-bond acceptors (Lipinski definition) is 3. The summed E-state index contributed by atoms with van der Waals surface area (Å²) in [6.45, 7) is 11.4. The molecule has 0 bridgehead atoms. The van der Waals surface area contributed by atoms with Crippen LogP contribution in [0.4, 0.5) is 25.8 Å². The first-order chi connectivity index (χ1) is 16.3. The highest BCUT2D eigenvalue weighted by Gasteiger charge is 2.27. The molecular weight excluding hydrogens is 430 g/mol. The van der Waals surface area contributed by atoms with Crippen LogP contribution in [0.3, 0.4) is 0 Å². The standard InChI is InChI=1S/C28H34F2N4/c1-6-18(3)27-24(32-19(4)7-2)11-8-12-25(27)34-13-9-10-20-14-22(21-16-31-33(5)17-21)23(28(29)30)15-26(20)34/h8,11-12,14-18,28,32H,4,6-7,9-10,13H2,1-3,5H3. The van der Waals surface area contributed by atoms with Gasteiger partial charge in [0.25, 0.3) is 6.43 Å². The fourth-order valence-electron chi connectivity index (χ4n) is 4.79. The predicted molar refractivity (Wildman–Crippen MR) is 137 cm³/mol. The number of fused-ring (bicyclic) bond motifs is 1. The molecule has 1 atom stereocenters. The van der Waals surface area contributed by atoms with Crippen LogP contribution >= 0.6 is 0 Å². The Balaban J connectivity index is 1.87. The number of rotatable bonds is 8. The summed E-state index contributed by atoms with van der Waals surface area (Å²) in [4.78, 5) is 2.24. The minimum Gasteiger partial charge on any atom is -0.359 e. The molecule has 34 heavy (non-hydrogen) atoms. The third-order valence-corrected chi connectivity index (χ3v) is 6.84. The van der Waals surface area contributed by atoms with Gasteiger partial charge in [0.2, 0.25) is 0 Å². The highest BCUT2D eigenvalue weighted by atomic mass is 19.3. The van der Waals surface area contributed by atoms with E-state index in [4.69, 9.17) is 0 Å². The van der Waals surface area contributed by atoms with Crippen molar-refractivity contribution in [2.75, 3.05) is 16.8 Å². The lowest BCUT2D eigenvalue weighted by Gasteiger charge is -2.35. The van der Waals surface area contributed by atoms with Crippen molar-refractivity contribution in [2.24, 2.45) is 7.05 Å². The smallest absolute Gasteiger partial charge is 0.264 e. The van der Waals surface area contributed by atoms with E-state index in [0.717, 1.165) is 66.1 Å². The summed E-state index contributed by atoms with van der Waals surface area (Å²) in [7, 11) is 1.80. The summed E-state index contributed by atoms with van der Waals surface area (Å²) in [5.74, 6) is 0.304. The van der Waals surface area contributed by atoms with Gasteiger partial charge in [-0.15, -0.1) is 0 Å². The number of aromatic nitrogens is 2. The molecule has 1 N–H and O–H groups in total. The van der Waals surface area contributed by atoms with E-state index in [-0.39, 0.29) is 5.56 Å². The molecule has 180 valence electrons. The fraction of sp³-hybridized carbons (Fsp3) is 0.393. The fourth-order valence-corrected chi connectivity index (χ4v) is 4.79. The maximum absolute atomic E-state index is 14.3. The van der Waals surface area contributed by atoms with Crippen molar-refractivity contribution in [2.45, 2.75) is 58.8 Å². The first-order valence-corrected chi connectivity index (χ1v) is 12.1. The molecule has 2 heterocycles. The Morgan fingerprint density at radius 2 is 2.00 bits per heavy atom. The average molecular weight is 465 g/mol. The average Bonchev–Trinajstić information content (AvgIpc) is 3.28. The zero-order valence-electron chi connectivity index (χ0n) is 20.5. The van der Waals surface area contributed by atoms with E-state index in [1.807, 2.05) is 12.1 Å². The lowest BCUT2D eigenvalue weighted by Crippen LogP contribution is -2.26. The second-order valence-corrected chi connectivity index (χ2v) is 9.16. The zero-order valence-corrected chi connectivity index (χ0v) is 20.5. The summed E-state index contributed by atoms with van der Waals surface area (Å²) in [5.41, 5.74) is 7.63. The molecule has 6 heteroatoms. The summed E-state index contributed by atoms with van der Waals surface area (Å²) in [5, 5.41) is 7.69. The van der Waals surface area contributed by atoms with Crippen LogP contribution in [0.5, 0.6) is 0 Å². The van der Waals surface area contributed by atoms with Crippen LogP contribution in [0.15, 0.2) is 55.0 Å². The summed E-state index contributed by atoms with van der Waals surface area (Å²) in [6, 6.07) is 9.90. The predicted octanol–water partition coefficient (Wildman–Crippen LogP) is 7.96. The van der Waals surface area contributed by atoms with E-state index in [9.17, 15) is 8.78 Å². The largest absolute Gasteiger partial charge is 0.359 e. The normalized spacial score (nSPS) is 14.3. The Bertz CT molecular complexity index is 1180. The number of anilines is 3. The van der Waals surface area contributed by atoms with E-state index in [0.29, 0.717) is 11.5 Å². The lowest BCUT2D eigenvalue weighted by atomic mass is 9.90. The van der Waals surface area contributed by atoms with Crippen LogP contribution in [-0.2, 0) is 13.5 Å². The van der Waals surface area contributed by atoms with Crippen LogP contribution in [0.25, 0.3) is 11.1 Å². The number of allylic oxidation sites excluding steroid dienone is 1. The highest BCUT2D eigenvalue weighted by molar-refractivity contribution is 5.80. The van der Waals surface area contributed by atoms with Gasteiger partial charge in [0.05, 0.1) is 6.20 Å². The number of aryl methyl sites for hydroxylation is 2. The number of benzene rings is 2. The zero-order chi connectivity index (χ0) is 24.4. The van der Waals surface area contributed by atoms with E-state index in [1.165, 1.54) is 5.56 Å². The van der Waals surface area contributed by atoms with Crippen LogP contribution in [0.1, 0.15) is 69.1 Å². The molecule has 4 rings (SSSR count). The molecule has 1 aliphatic rings. The molecule has 2 aromatic carbocycles. The van der Waals surface area contributed by atoms with Gasteiger partial charge in [-0.3, -0.25) is 4.68 Å². The summed E-state index contributed by atoms with van der Waals surface area (Å²) >= 11 is 0. The molecule has 0 aliphatic carbocycles. The maximum atomic E-state index is 14.3. The van der Waals surface area contributed by atoms with Gasteiger partial charge < -0.3 is 10.2 Å². The van der Waals surface area contributed by atoms with Crippen LogP contribution < -0.4 is 10.2 Å². The van der Waals surface area contributed by atoms with Crippen molar-refractivity contribution in [1.82, 2.24) is 9.78 Å². The van der Waals surface area contributed by atoms with Crippen molar-refractivity contribution in [3.63, 3.8) is 0 Å². The Morgan fingerprint density at radius 1 is 1.21 bits per heavy atom. The Kier molecular flexibility index (Phi) is 7.05. The number of halogens is 2. The monoisotopic (exact) mass is 464 g/mol. The third kappa shape index (κ3) is 4.59. The molecule has 1 aliphatic heterocycles. The third-order valence-electron chi connectivity index (χ3n) is 6.84. The van der Waals surface area contributed by atoms with Gasteiger partial charge in [0.15, 0.2) is 0 Å².